The Morgan fingerprint density at radius 1 is 1.08 bits per heavy atom. The van der Waals surface area contributed by atoms with Gasteiger partial charge in [-0.3, -0.25) is 4.79 Å². The van der Waals surface area contributed by atoms with E-state index in [0.717, 1.165) is 26.5 Å². The van der Waals surface area contributed by atoms with Crippen LogP contribution in [0.15, 0.2) is 47.1 Å². The Morgan fingerprint density at radius 2 is 1.84 bits per heavy atom. The maximum absolute atomic E-state index is 12.2. The zero-order valence-corrected chi connectivity index (χ0v) is 15.6. The molecule has 0 unspecified atom stereocenters. The number of hydrogen-bond acceptors (Lipinski definition) is 4. The minimum atomic E-state index is -0.298. The van der Waals surface area contributed by atoms with Gasteiger partial charge >= 0.3 is 5.97 Å². The van der Waals surface area contributed by atoms with E-state index in [1.165, 1.54) is 0 Å². The number of para-hydroxylation sites is 1. The van der Waals surface area contributed by atoms with Gasteiger partial charge in [0, 0.05) is 22.7 Å². The summed E-state index contributed by atoms with van der Waals surface area (Å²) in [6.45, 7) is 0.119. The number of fused-ring (bicyclic) bond motifs is 1. The van der Waals surface area contributed by atoms with Crippen LogP contribution in [0.2, 0.25) is 0 Å². The third kappa shape index (κ3) is 3.79. The summed E-state index contributed by atoms with van der Waals surface area (Å²) < 4.78 is 16.8. The molecule has 0 aliphatic heterocycles. The summed E-state index contributed by atoms with van der Waals surface area (Å²) in [5.74, 6) is 0.990. The zero-order chi connectivity index (χ0) is 17.8. The highest BCUT2D eigenvalue weighted by atomic mass is 79.9. The number of esters is 1. The van der Waals surface area contributed by atoms with Gasteiger partial charge in [0.15, 0.2) is 0 Å². The molecule has 1 N–H and O–H groups in total. The summed E-state index contributed by atoms with van der Waals surface area (Å²) in [5, 5.41) is 1.03. The van der Waals surface area contributed by atoms with Crippen molar-refractivity contribution in [2.75, 3.05) is 14.2 Å². The van der Waals surface area contributed by atoms with Crippen LogP contribution in [0.5, 0.6) is 11.5 Å². The van der Waals surface area contributed by atoms with Gasteiger partial charge < -0.3 is 19.2 Å². The Balaban J connectivity index is 1.70. The second kappa shape index (κ2) is 7.61. The lowest BCUT2D eigenvalue weighted by molar-refractivity contribution is -0.144. The summed E-state index contributed by atoms with van der Waals surface area (Å²) >= 11 is 3.41. The van der Waals surface area contributed by atoms with Crippen LogP contribution in [-0.4, -0.2) is 25.2 Å². The van der Waals surface area contributed by atoms with E-state index >= 15 is 0 Å². The van der Waals surface area contributed by atoms with Gasteiger partial charge in [0.1, 0.15) is 18.1 Å². The molecule has 6 heteroatoms. The van der Waals surface area contributed by atoms with Crippen molar-refractivity contribution in [3.05, 3.63) is 58.2 Å². The lowest BCUT2D eigenvalue weighted by atomic mass is 10.1. The standard InChI is InChI=1S/C19H18BrNO4/c1-23-17-9-15(20)18(24-2)7-13(17)11-25-19(22)8-12-10-21-16-6-4-3-5-14(12)16/h3-7,9-10,21H,8,11H2,1-2H3. The van der Waals surface area contributed by atoms with Gasteiger partial charge in [-0.25, -0.2) is 0 Å². The highest BCUT2D eigenvalue weighted by Crippen LogP contribution is 2.33. The molecule has 3 rings (SSSR count). The number of aromatic amines is 1. The van der Waals surface area contributed by atoms with Gasteiger partial charge in [0.25, 0.3) is 0 Å². The van der Waals surface area contributed by atoms with E-state index in [0.29, 0.717) is 11.5 Å². The van der Waals surface area contributed by atoms with Gasteiger partial charge in [-0.2, -0.15) is 0 Å². The number of aromatic nitrogens is 1. The summed E-state index contributed by atoms with van der Waals surface area (Å²) in [6.07, 6.45) is 2.05. The number of ether oxygens (including phenoxy) is 3. The molecule has 0 saturated carbocycles. The van der Waals surface area contributed by atoms with Gasteiger partial charge in [-0.1, -0.05) is 18.2 Å². The molecule has 0 spiro atoms. The minimum Gasteiger partial charge on any atom is -0.496 e. The van der Waals surface area contributed by atoms with Crippen LogP contribution in [0.3, 0.4) is 0 Å². The van der Waals surface area contributed by atoms with Gasteiger partial charge in [-0.05, 0) is 39.7 Å². The number of carbonyl (C=O) groups excluding carboxylic acids is 1. The SMILES string of the molecule is COc1cc(COC(=O)Cc2c[nH]c3ccccc23)c(OC)cc1Br. The fourth-order valence-corrected chi connectivity index (χ4v) is 3.16. The fourth-order valence-electron chi connectivity index (χ4n) is 2.68. The Bertz CT molecular complexity index is 904. The van der Waals surface area contributed by atoms with Crippen LogP contribution in [0.1, 0.15) is 11.1 Å². The number of carbonyl (C=O) groups is 1. The predicted molar refractivity (Wildman–Crippen MR) is 99.0 cm³/mol. The van der Waals surface area contributed by atoms with Crippen molar-refractivity contribution in [2.45, 2.75) is 13.0 Å². The van der Waals surface area contributed by atoms with Crippen LogP contribution < -0.4 is 9.47 Å². The van der Waals surface area contributed by atoms with Crippen molar-refractivity contribution >= 4 is 32.8 Å². The molecular formula is C19H18BrNO4. The second-order valence-corrected chi connectivity index (χ2v) is 6.35. The van der Waals surface area contributed by atoms with Gasteiger partial charge in [0.2, 0.25) is 0 Å². The molecule has 3 aromatic rings. The third-order valence-electron chi connectivity index (χ3n) is 3.95. The van der Waals surface area contributed by atoms with Crippen molar-refractivity contribution in [1.82, 2.24) is 4.98 Å². The molecule has 0 amide bonds. The molecular weight excluding hydrogens is 386 g/mol. The monoisotopic (exact) mass is 403 g/mol. The lowest BCUT2D eigenvalue weighted by Gasteiger charge is -2.12. The second-order valence-electron chi connectivity index (χ2n) is 5.50. The molecule has 0 aliphatic carbocycles. The first kappa shape index (κ1) is 17.4. The van der Waals surface area contributed by atoms with Gasteiger partial charge in [0.05, 0.1) is 25.1 Å². The minimum absolute atomic E-state index is 0.119. The summed E-state index contributed by atoms with van der Waals surface area (Å²) in [4.78, 5) is 15.4. The molecule has 0 saturated heterocycles. The Labute approximate surface area is 154 Å². The number of methoxy groups -OCH3 is 2. The molecule has 0 aliphatic rings. The fraction of sp³-hybridized carbons (Fsp3) is 0.211. The van der Waals surface area contributed by atoms with Crippen molar-refractivity contribution in [1.29, 1.82) is 0 Å². The maximum atomic E-state index is 12.2. The van der Waals surface area contributed by atoms with E-state index in [9.17, 15) is 4.79 Å². The molecule has 130 valence electrons. The van der Waals surface area contributed by atoms with Gasteiger partial charge in [-0.15, -0.1) is 0 Å². The average molecular weight is 404 g/mol. The lowest BCUT2D eigenvalue weighted by Crippen LogP contribution is -2.08. The van der Waals surface area contributed by atoms with Crippen LogP contribution in [0.25, 0.3) is 10.9 Å². The molecule has 0 bridgehead atoms. The first-order valence-corrected chi connectivity index (χ1v) is 8.52. The Kier molecular flexibility index (Phi) is 5.28. The van der Waals surface area contributed by atoms with E-state index in [1.807, 2.05) is 30.5 Å². The van der Waals surface area contributed by atoms with Crippen LogP contribution in [0.4, 0.5) is 0 Å². The number of benzene rings is 2. The molecule has 0 atom stereocenters. The highest BCUT2D eigenvalue weighted by molar-refractivity contribution is 9.10. The number of rotatable bonds is 6. The predicted octanol–water partition coefficient (Wildman–Crippen LogP) is 4.23. The first-order valence-electron chi connectivity index (χ1n) is 7.73. The zero-order valence-electron chi connectivity index (χ0n) is 14.0. The van der Waals surface area contributed by atoms with E-state index in [4.69, 9.17) is 14.2 Å². The van der Waals surface area contributed by atoms with Crippen molar-refractivity contribution in [3.63, 3.8) is 0 Å². The molecule has 2 aromatic carbocycles. The third-order valence-corrected chi connectivity index (χ3v) is 4.57. The van der Waals surface area contributed by atoms with Crippen LogP contribution >= 0.6 is 15.9 Å². The van der Waals surface area contributed by atoms with Crippen molar-refractivity contribution in [3.8, 4) is 11.5 Å². The Morgan fingerprint density at radius 3 is 2.60 bits per heavy atom. The number of halogens is 1. The maximum Gasteiger partial charge on any atom is 0.310 e. The first-order chi connectivity index (χ1) is 12.1. The molecule has 1 aromatic heterocycles. The number of nitrogens with one attached hydrogen (secondary N) is 1. The smallest absolute Gasteiger partial charge is 0.310 e. The van der Waals surface area contributed by atoms with Crippen molar-refractivity contribution in [2.24, 2.45) is 0 Å². The van der Waals surface area contributed by atoms with E-state index < -0.39 is 0 Å². The normalized spacial score (nSPS) is 10.7. The number of hydrogen-bond donors (Lipinski definition) is 1. The topological polar surface area (TPSA) is 60.5 Å². The quantitative estimate of drug-likeness (QED) is 0.625. The summed E-state index contributed by atoms with van der Waals surface area (Å²) in [5.41, 5.74) is 2.67. The molecule has 5 nitrogen and oxygen atoms in total. The van der Waals surface area contributed by atoms with Crippen LogP contribution in [-0.2, 0) is 22.6 Å². The molecule has 25 heavy (non-hydrogen) atoms. The highest BCUT2D eigenvalue weighted by Gasteiger charge is 2.13. The summed E-state index contributed by atoms with van der Waals surface area (Å²) in [6, 6.07) is 11.4. The van der Waals surface area contributed by atoms with E-state index in [-0.39, 0.29) is 19.0 Å². The van der Waals surface area contributed by atoms with Crippen molar-refractivity contribution < 1.29 is 19.0 Å². The molecule has 0 fully saturated rings. The van der Waals surface area contributed by atoms with E-state index in [1.54, 1.807) is 26.4 Å². The van der Waals surface area contributed by atoms with Crippen LogP contribution in [0, 0.1) is 0 Å². The van der Waals surface area contributed by atoms with E-state index in [2.05, 4.69) is 20.9 Å². The molecule has 0 radical (unpaired) electrons. The Hall–Kier alpha value is -2.47. The summed E-state index contributed by atoms with van der Waals surface area (Å²) in [7, 11) is 3.16. The average Bonchev–Trinajstić information content (AvgIpc) is 3.03. The number of H-pyrrole nitrogens is 1. The molecule has 1 heterocycles. The largest absolute Gasteiger partial charge is 0.496 e.